The highest BCUT2D eigenvalue weighted by molar-refractivity contribution is 7.98. The van der Waals surface area contributed by atoms with Crippen molar-refractivity contribution < 1.29 is 4.39 Å². The third kappa shape index (κ3) is 5.83. The number of nitrogens with two attached hydrogens (primary N) is 1. The van der Waals surface area contributed by atoms with Crippen LogP contribution in [0.2, 0.25) is 5.02 Å². The summed E-state index contributed by atoms with van der Waals surface area (Å²) in [5.74, 6) is 0.237. The maximum atomic E-state index is 12.9. The summed E-state index contributed by atoms with van der Waals surface area (Å²) in [5, 5.41) is 3.46. The number of thioether (sulfide) groups is 1. The lowest BCUT2D eigenvalue weighted by atomic mass is 10.3. The first-order valence-electron chi connectivity index (χ1n) is 7.83. The van der Waals surface area contributed by atoms with Gasteiger partial charge in [0.2, 0.25) is 11.9 Å². The van der Waals surface area contributed by atoms with Gasteiger partial charge in [-0.3, -0.25) is 9.78 Å². The van der Waals surface area contributed by atoms with Crippen LogP contribution >= 0.6 is 23.4 Å². The van der Waals surface area contributed by atoms with E-state index in [2.05, 4.69) is 20.3 Å². The van der Waals surface area contributed by atoms with Crippen LogP contribution in [-0.2, 0) is 5.75 Å². The summed E-state index contributed by atoms with van der Waals surface area (Å²) in [7, 11) is 0. The summed E-state index contributed by atoms with van der Waals surface area (Å²) >= 11 is 7.38. The Morgan fingerprint density at radius 3 is 2.63 bits per heavy atom. The monoisotopic (exact) mass is 403 g/mol. The van der Waals surface area contributed by atoms with Crippen LogP contribution in [0.3, 0.4) is 0 Å². The van der Waals surface area contributed by atoms with Crippen LogP contribution in [0.1, 0.15) is 5.69 Å². The van der Waals surface area contributed by atoms with Gasteiger partial charge < -0.3 is 11.1 Å². The lowest BCUT2D eigenvalue weighted by Crippen LogP contribution is -2.22. The average molecular weight is 404 g/mol. The molecule has 9 heteroatoms. The van der Waals surface area contributed by atoms with E-state index in [0.29, 0.717) is 22.2 Å². The Balaban J connectivity index is 1.71. The number of halogens is 2. The Hall–Kier alpha value is -2.84. The minimum atomic E-state index is -0.354. The number of nitrogens with zero attached hydrogens (tertiary/aromatic N) is 2. The lowest BCUT2D eigenvalue weighted by molar-refractivity contribution is 0.628. The van der Waals surface area contributed by atoms with Gasteiger partial charge in [-0.15, -0.1) is 11.8 Å². The molecule has 3 aromatic rings. The Morgan fingerprint density at radius 1 is 1.22 bits per heavy atom. The first kappa shape index (κ1) is 18.9. The van der Waals surface area contributed by atoms with Gasteiger partial charge in [0, 0.05) is 27.4 Å². The molecule has 27 heavy (non-hydrogen) atoms. The van der Waals surface area contributed by atoms with E-state index in [4.69, 9.17) is 17.3 Å². The number of nitrogens with one attached hydrogen (secondary N) is 2. The molecule has 0 aliphatic carbocycles. The number of hydrogen-bond acceptors (Lipinski definition) is 4. The Morgan fingerprint density at radius 2 is 1.93 bits per heavy atom. The van der Waals surface area contributed by atoms with Crippen molar-refractivity contribution in [2.45, 2.75) is 10.6 Å². The second kappa shape index (κ2) is 8.70. The predicted octanol–water partition coefficient (Wildman–Crippen LogP) is 3.91. The Bertz CT molecular complexity index is 1010. The SMILES string of the molecule is N/C(=N\c1nc(CSc2ccc(Cl)cc2)cc(=O)[nH]1)Nc1ccc(F)cc1. The molecule has 4 N–H and O–H groups in total. The Labute approximate surface area is 163 Å². The van der Waals surface area contributed by atoms with Gasteiger partial charge in [0.15, 0.2) is 0 Å². The number of aliphatic imine (C=N–C) groups is 1. The molecule has 3 rings (SSSR count). The molecule has 138 valence electrons. The normalized spacial score (nSPS) is 11.4. The first-order chi connectivity index (χ1) is 13.0. The number of aromatic amines is 1. The van der Waals surface area contributed by atoms with Crippen LogP contribution in [0.5, 0.6) is 0 Å². The summed E-state index contributed by atoms with van der Waals surface area (Å²) in [6.07, 6.45) is 0. The van der Waals surface area contributed by atoms with Gasteiger partial charge in [-0.05, 0) is 48.5 Å². The van der Waals surface area contributed by atoms with Gasteiger partial charge >= 0.3 is 0 Å². The number of guanidine groups is 1. The van der Waals surface area contributed by atoms with Gasteiger partial charge in [-0.25, -0.2) is 9.37 Å². The zero-order valence-electron chi connectivity index (χ0n) is 13.9. The molecular weight excluding hydrogens is 389 g/mol. The van der Waals surface area contributed by atoms with E-state index in [1.165, 1.54) is 42.1 Å². The highest BCUT2D eigenvalue weighted by atomic mass is 35.5. The summed E-state index contributed by atoms with van der Waals surface area (Å²) in [6, 6.07) is 14.4. The van der Waals surface area contributed by atoms with Crippen LogP contribution in [0, 0.1) is 5.82 Å². The smallest absolute Gasteiger partial charge is 0.252 e. The third-order valence-electron chi connectivity index (χ3n) is 3.33. The fourth-order valence-electron chi connectivity index (χ4n) is 2.13. The van der Waals surface area contributed by atoms with Crippen molar-refractivity contribution >= 4 is 41.0 Å². The topological polar surface area (TPSA) is 96.2 Å². The van der Waals surface area contributed by atoms with E-state index in [9.17, 15) is 9.18 Å². The minimum Gasteiger partial charge on any atom is -0.369 e. The van der Waals surface area contributed by atoms with Gasteiger partial charge in [0.05, 0.1) is 5.69 Å². The second-order valence-electron chi connectivity index (χ2n) is 5.43. The first-order valence-corrected chi connectivity index (χ1v) is 9.20. The highest BCUT2D eigenvalue weighted by Crippen LogP contribution is 2.23. The molecule has 0 radical (unpaired) electrons. The van der Waals surface area contributed by atoms with Crippen molar-refractivity contribution in [3.8, 4) is 0 Å². The quantitative estimate of drug-likeness (QED) is 0.341. The third-order valence-corrected chi connectivity index (χ3v) is 4.62. The standard InChI is InChI=1S/C18H15ClFN5OS/c19-11-1-7-15(8-2-11)27-10-14-9-16(26)24-18(23-14)25-17(21)22-13-5-3-12(20)4-6-13/h1-9H,10H2,(H4,21,22,23,24,25,26). The van der Waals surface area contributed by atoms with E-state index in [1.54, 1.807) is 12.1 Å². The maximum absolute atomic E-state index is 12.9. The molecule has 0 saturated heterocycles. The van der Waals surface area contributed by atoms with E-state index in [1.807, 2.05) is 12.1 Å². The van der Waals surface area contributed by atoms with Crippen LogP contribution in [0.25, 0.3) is 0 Å². The van der Waals surface area contributed by atoms with Crippen molar-refractivity contribution in [2.75, 3.05) is 5.32 Å². The predicted molar refractivity (Wildman–Crippen MR) is 107 cm³/mol. The molecule has 6 nitrogen and oxygen atoms in total. The van der Waals surface area contributed by atoms with Gasteiger partial charge in [0.1, 0.15) is 5.82 Å². The molecule has 0 fully saturated rings. The fraction of sp³-hybridized carbons (Fsp3) is 0.0556. The van der Waals surface area contributed by atoms with Gasteiger partial charge in [0.25, 0.3) is 5.56 Å². The van der Waals surface area contributed by atoms with Gasteiger partial charge in [-0.1, -0.05) is 11.6 Å². The molecular formula is C18H15ClFN5OS. The molecule has 1 aromatic heterocycles. The molecule has 0 bridgehead atoms. The summed E-state index contributed by atoms with van der Waals surface area (Å²) in [6.45, 7) is 0. The van der Waals surface area contributed by atoms with Crippen LogP contribution in [0.4, 0.5) is 16.0 Å². The van der Waals surface area contributed by atoms with Crippen LogP contribution < -0.4 is 16.6 Å². The summed E-state index contributed by atoms with van der Waals surface area (Å²) < 4.78 is 12.9. The molecule has 2 aromatic carbocycles. The Kier molecular flexibility index (Phi) is 6.10. The summed E-state index contributed by atoms with van der Waals surface area (Å²) in [5.41, 5.74) is 6.62. The molecule has 0 aliphatic heterocycles. The second-order valence-corrected chi connectivity index (χ2v) is 6.92. The molecule has 0 saturated carbocycles. The zero-order chi connectivity index (χ0) is 19.2. The maximum Gasteiger partial charge on any atom is 0.252 e. The van der Waals surface area contributed by atoms with Crippen molar-refractivity contribution in [1.82, 2.24) is 9.97 Å². The summed E-state index contributed by atoms with van der Waals surface area (Å²) in [4.78, 5) is 23.7. The number of aromatic nitrogens is 2. The van der Waals surface area contributed by atoms with E-state index >= 15 is 0 Å². The number of hydrogen-bond donors (Lipinski definition) is 3. The van der Waals surface area contributed by atoms with Crippen molar-refractivity contribution in [3.63, 3.8) is 0 Å². The lowest BCUT2D eigenvalue weighted by Gasteiger charge is -2.06. The number of rotatable bonds is 5. The molecule has 1 heterocycles. The van der Waals surface area contributed by atoms with E-state index in [-0.39, 0.29) is 23.3 Å². The molecule has 0 unspecified atom stereocenters. The van der Waals surface area contributed by atoms with Gasteiger partial charge in [-0.2, -0.15) is 4.99 Å². The number of H-pyrrole nitrogens is 1. The van der Waals surface area contributed by atoms with E-state index < -0.39 is 0 Å². The van der Waals surface area contributed by atoms with Crippen molar-refractivity contribution in [2.24, 2.45) is 10.7 Å². The largest absolute Gasteiger partial charge is 0.369 e. The van der Waals surface area contributed by atoms with Crippen molar-refractivity contribution in [3.05, 3.63) is 81.5 Å². The number of benzene rings is 2. The van der Waals surface area contributed by atoms with Crippen LogP contribution in [-0.4, -0.2) is 15.9 Å². The highest BCUT2D eigenvalue weighted by Gasteiger charge is 2.04. The molecule has 0 amide bonds. The molecule has 0 spiro atoms. The van der Waals surface area contributed by atoms with Crippen molar-refractivity contribution in [1.29, 1.82) is 0 Å². The molecule has 0 aliphatic rings. The van der Waals surface area contributed by atoms with Crippen LogP contribution in [0.15, 0.2) is 69.3 Å². The molecule has 0 atom stereocenters. The zero-order valence-corrected chi connectivity index (χ0v) is 15.5. The van der Waals surface area contributed by atoms with E-state index in [0.717, 1.165) is 4.90 Å². The number of anilines is 1. The fourth-order valence-corrected chi connectivity index (χ4v) is 3.05. The minimum absolute atomic E-state index is 0.0206. The average Bonchev–Trinajstić information content (AvgIpc) is 2.63.